The smallest absolute Gasteiger partial charge is 0.286 e. The van der Waals surface area contributed by atoms with Gasteiger partial charge in [-0.1, -0.05) is 6.92 Å². The number of hydrogen-bond donors (Lipinski definition) is 1. The third kappa shape index (κ3) is 6.88. The van der Waals surface area contributed by atoms with Crippen LogP contribution in [0.2, 0.25) is 0 Å². The topological polar surface area (TPSA) is 61.7 Å². The maximum Gasteiger partial charge on any atom is 0.286 e. The van der Waals surface area contributed by atoms with Crippen molar-refractivity contribution >= 4 is 0 Å². The van der Waals surface area contributed by atoms with Gasteiger partial charge in [0.1, 0.15) is 5.82 Å². The molecule has 0 aliphatic rings. The molecule has 0 unspecified atom stereocenters. The van der Waals surface area contributed by atoms with Crippen LogP contribution >= 0.6 is 0 Å². The van der Waals surface area contributed by atoms with E-state index >= 15 is 0 Å². The van der Waals surface area contributed by atoms with E-state index in [4.69, 9.17) is 5.26 Å². The van der Waals surface area contributed by atoms with Gasteiger partial charge >= 0.3 is 0 Å². The van der Waals surface area contributed by atoms with E-state index in [1.165, 1.54) is 6.26 Å². The van der Waals surface area contributed by atoms with Gasteiger partial charge in [0.05, 0.1) is 6.61 Å². The highest BCUT2D eigenvalue weighted by Gasteiger charge is 1.87. The summed E-state index contributed by atoms with van der Waals surface area (Å²) in [6.07, 6.45) is 7.38. The number of hydrogen-bond acceptors (Lipinski definition) is 3. The first-order valence-corrected chi connectivity index (χ1v) is 4.34. The number of H-pyrrole nitrogens is 1. The standard InChI is InChI=1S/C6H10N2.C3H5NO/c1-2-3-6-7-4-5-8-6;1-2-5-3-4/h4-5H,2-3H2,1H3,(H,7,8);2H2,1H3. The summed E-state index contributed by atoms with van der Waals surface area (Å²) in [5.41, 5.74) is 0. The molecule has 0 atom stereocenters. The zero-order valence-electron chi connectivity index (χ0n) is 8.08. The molecule has 13 heavy (non-hydrogen) atoms. The number of rotatable bonds is 3. The molecule has 72 valence electrons. The Kier molecular flexibility index (Phi) is 7.60. The fraction of sp³-hybridized carbons (Fsp3) is 0.556. The Morgan fingerprint density at radius 2 is 2.38 bits per heavy atom. The van der Waals surface area contributed by atoms with E-state index in [2.05, 4.69) is 21.6 Å². The summed E-state index contributed by atoms with van der Waals surface area (Å²) < 4.78 is 4.14. The van der Waals surface area contributed by atoms with Gasteiger partial charge in [-0.05, 0) is 13.3 Å². The molecule has 1 aromatic heterocycles. The van der Waals surface area contributed by atoms with Gasteiger partial charge in [0.2, 0.25) is 0 Å². The van der Waals surface area contributed by atoms with Crippen molar-refractivity contribution in [2.45, 2.75) is 26.7 Å². The van der Waals surface area contributed by atoms with E-state index in [0.29, 0.717) is 6.61 Å². The van der Waals surface area contributed by atoms with Crippen LogP contribution in [0.25, 0.3) is 0 Å². The first-order chi connectivity index (χ1) is 6.35. The summed E-state index contributed by atoms with van der Waals surface area (Å²) in [5, 5.41) is 7.59. The number of nitriles is 1. The molecular weight excluding hydrogens is 166 g/mol. The molecule has 0 amide bonds. The fourth-order valence-corrected chi connectivity index (χ4v) is 0.736. The van der Waals surface area contributed by atoms with Crippen LogP contribution in [0.3, 0.4) is 0 Å². The van der Waals surface area contributed by atoms with E-state index < -0.39 is 0 Å². The lowest BCUT2D eigenvalue weighted by atomic mass is 10.3. The van der Waals surface area contributed by atoms with Gasteiger partial charge in [-0.2, -0.15) is 5.26 Å². The normalized spacial score (nSPS) is 8.08. The van der Waals surface area contributed by atoms with Crippen LogP contribution in [-0.2, 0) is 11.2 Å². The molecule has 0 radical (unpaired) electrons. The molecule has 1 aromatic rings. The number of imidazole rings is 1. The molecular formula is C9H15N3O. The molecule has 0 saturated heterocycles. The first-order valence-electron chi connectivity index (χ1n) is 4.34. The zero-order chi connectivity index (χ0) is 9.94. The Bertz CT molecular complexity index is 226. The second-order valence-electron chi connectivity index (χ2n) is 2.31. The number of ether oxygens (including phenoxy) is 1. The highest BCUT2D eigenvalue weighted by molar-refractivity contribution is 4.85. The van der Waals surface area contributed by atoms with Crippen LogP contribution in [0.1, 0.15) is 26.1 Å². The average Bonchev–Trinajstić information content (AvgIpc) is 2.60. The number of nitrogens with zero attached hydrogens (tertiary/aromatic N) is 2. The maximum atomic E-state index is 7.59. The van der Waals surface area contributed by atoms with E-state index in [0.717, 1.165) is 18.7 Å². The Morgan fingerprint density at radius 3 is 2.69 bits per heavy atom. The van der Waals surface area contributed by atoms with Crippen molar-refractivity contribution < 1.29 is 4.74 Å². The molecule has 0 aliphatic carbocycles. The predicted molar refractivity (Wildman–Crippen MR) is 49.8 cm³/mol. The summed E-state index contributed by atoms with van der Waals surface area (Å²) in [4.78, 5) is 7.08. The summed E-state index contributed by atoms with van der Waals surface area (Å²) in [6, 6.07) is 0. The van der Waals surface area contributed by atoms with Crippen molar-refractivity contribution in [1.29, 1.82) is 5.26 Å². The fourth-order valence-electron chi connectivity index (χ4n) is 0.736. The molecule has 0 spiro atoms. The molecule has 0 aliphatic heterocycles. The van der Waals surface area contributed by atoms with Gasteiger partial charge < -0.3 is 9.72 Å². The summed E-state index contributed by atoms with van der Waals surface area (Å²) in [5.74, 6) is 1.09. The quantitative estimate of drug-likeness (QED) is 0.724. The van der Waals surface area contributed by atoms with Gasteiger partial charge in [0, 0.05) is 18.8 Å². The van der Waals surface area contributed by atoms with Crippen molar-refractivity contribution in [3.63, 3.8) is 0 Å². The highest BCUT2D eigenvalue weighted by atomic mass is 16.5. The van der Waals surface area contributed by atoms with Crippen LogP contribution in [0.5, 0.6) is 0 Å². The van der Waals surface area contributed by atoms with Gasteiger partial charge in [0.25, 0.3) is 6.26 Å². The monoisotopic (exact) mass is 181 g/mol. The van der Waals surface area contributed by atoms with Crippen molar-refractivity contribution in [3.05, 3.63) is 18.2 Å². The lowest BCUT2D eigenvalue weighted by Gasteiger charge is -1.85. The van der Waals surface area contributed by atoms with Crippen molar-refractivity contribution in [2.24, 2.45) is 0 Å². The average molecular weight is 181 g/mol. The van der Waals surface area contributed by atoms with Gasteiger partial charge in [-0.3, -0.25) is 0 Å². The maximum absolute atomic E-state index is 7.59. The van der Waals surface area contributed by atoms with Crippen molar-refractivity contribution in [2.75, 3.05) is 6.61 Å². The van der Waals surface area contributed by atoms with Crippen LogP contribution in [-0.4, -0.2) is 16.6 Å². The van der Waals surface area contributed by atoms with E-state index in [9.17, 15) is 0 Å². The second-order valence-corrected chi connectivity index (χ2v) is 2.31. The van der Waals surface area contributed by atoms with Crippen LogP contribution in [0, 0.1) is 11.5 Å². The Labute approximate surface area is 78.6 Å². The van der Waals surface area contributed by atoms with E-state index in [1.54, 1.807) is 13.1 Å². The molecule has 4 heteroatoms. The number of aromatic nitrogens is 2. The number of aromatic amines is 1. The van der Waals surface area contributed by atoms with E-state index in [1.807, 2.05) is 6.20 Å². The third-order valence-electron chi connectivity index (χ3n) is 1.25. The molecule has 0 saturated carbocycles. The SMILES string of the molecule is CCCc1ncc[nH]1.CCOC#N. The highest BCUT2D eigenvalue weighted by Crippen LogP contribution is 1.91. The molecule has 1 N–H and O–H groups in total. The lowest BCUT2D eigenvalue weighted by Crippen LogP contribution is -1.83. The van der Waals surface area contributed by atoms with E-state index in [-0.39, 0.29) is 0 Å². The molecule has 4 nitrogen and oxygen atoms in total. The Hall–Kier alpha value is -1.50. The molecule has 1 heterocycles. The van der Waals surface area contributed by atoms with Crippen LogP contribution in [0.15, 0.2) is 12.4 Å². The predicted octanol–water partition coefficient (Wildman–Crippen LogP) is 1.87. The minimum Gasteiger partial charge on any atom is -0.428 e. The molecule has 0 bridgehead atoms. The van der Waals surface area contributed by atoms with Gasteiger partial charge in [-0.15, -0.1) is 0 Å². The van der Waals surface area contributed by atoms with Crippen molar-refractivity contribution in [1.82, 2.24) is 9.97 Å². The van der Waals surface area contributed by atoms with Gasteiger partial charge in [-0.25, -0.2) is 4.98 Å². The first kappa shape index (κ1) is 11.5. The largest absolute Gasteiger partial charge is 0.428 e. The third-order valence-corrected chi connectivity index (χ3v) is 1.25. The number of aryl methyl sites for hydroxylation is 1. The van der Waals surface area contributed by atoms with Crippen LogP contribution in [0.4, 0.5) is 0 Å². The molecule has 0 aromatic carbocycles. The molecule has 0 fully saturated rings. The van der Waals surface area contributed by atoms with Gasteiger partial charge in [0.15, 0.2) is 0 Å². The Balaban J connectivity index is 0.000000252. The minimum absolute atomic E-state index is 0.483. The second kappa shape index (κ2) is 8.60. The zero-order valence-corrected chi connectivity index (χ0v) is 8.08. The van der Waals surface area contributed by atoms with Crippen LogP contribution < -0.4 is 0 Å². The Morgan fingerprint density at radius 1 is 1.62 bits per heavy atom. The van der Waals surface area contributed by atoms with Crippen molar-refractivity contribution in [3.8, 4) is 6.26 Å². The molecule has 1 rings (SSSR count). The summed E-state index contributed by atoms with van der Waals surface area (Å²) >= 11 is 0. The minimum atomic E-state index is 0.483. The summed E-state index contributed by atoms with van der Waals surface area (Å²) in [7, 11) is 0. The summed E-state index contributed by atoms with van der Waals surface area (Å²) in [6.45, 7) is 4.39. The lowest BCUT2D eigenvalue weighted by molar-refractivity contribution is 0.291. The number of nitrogens with one attached hydrogen (secondary N) is 1.